The number of non-ortho nitro benzene ring substituents is 1. The van der Waals surface area contributed by atoms with Crippen molar-refractivity contribution in [2.24, 2.45) is 0 Å². The molecular formula is C18H19NO6S2. The standard InChI is InChI=1S/C18H19NO6S2/c20-14-9-26-18(17(23)16(14)22)27-13-7-3-11(4-8-13)15(21)10-1-5-12(6-2-10)19(24)25/h1-8,14-18,20-23H,9H2/t14-,15?,16+,17-,18+/m1/s1. The molecule has 27 heavy (non-hydrogen) atoms. The second-order valence-electron chi connectivity index (χ2n) is 6.19. The molecular weight excluding hydrogens is 390 g/mol. The normalized spacial score (nSPS) is 26.5. The summed E-state index contributed by atoms with van der Waals surface area (Å²) in [6.45, 7) is 0. The van der Waals surface area contributed by atoms with Crippen molar-refractivity contribution in [3.63, 3.8) is 0 Å². The van der Waals surface area contributed by atoms with E-state index in [-0.39, 0.29) is 10.3 Å². The summed E-state index contributed by atoms with van der Waals surface area (Å²) in [5, 5.41) is 50.6. The van der Waals surface area contributed by atoms with Crippen LogP contribution in [0.1, 0.15) is 17.2 Å². The fourth-order valence-electron chi connectivity index (χ4n) is 2.72. The molecule has 1 aliphatic rings. The first-order chi connectivity index (χ1) is 12.9. The summed E-state index contributed by atoms with van der Waals surface area (Å²) in [7, 11) is 0. The van der Waals surface area contributed by atoms with Gasteiger partial charge in [0.25, 0.3) is 5.69 Å². The van der Waals surface area contributed by atoms with Crippen LogP contribution >= 0.6 is 23.5 Å². The molecule has 1 unspecified atom stereocenters. The van der Waals surface area contributed by atoms with Gasteiger partial charge >= 0.3 is 0 Å². The Labute approximate surface area is 164 Å². The zero-order valence-corrected chi connectivity index (χ0v) is 15.7. The fourth-order valence-corrected chi connectivity index (χ4v) is 5.36. The van der Waals surface area contributed by atoms with Crippen LogP contribution in [0.15, 0.2) is 53.4 Å². The maximum atomic E-state index is 10.7. The van der Waals surface area contributed by atoms with Crippen LogP contribution in [0.5, 0.6) is 0 Å². The third-order valence-electron chi connectivity index (χ3n) is 4.32. The molecule has 2 aromatic carbocycles. The summed E-state index contributed by atoms with van der Waals surface area (Å²) in [6.07, 6.45) is -4.03. The van der Waals surface area contributed by atoms with E-state index in [0.29, 0.717) is 16.9 Å². The van der Waals surface area contributed by atoms with E-state index in [1.807, 2.05) is 0 Å². The highest BCUT2D eigenvalue weighted by molar-refractivity contribution is 8.17. The summed E-state index contributed by atoms with van der Waals surface area (Å²) >= 11 is 2.77. The molecule has 144 valence electrons. The van der Waals surface area contributed by atoms with E-state index in [9.17, 15) is 30.5 Å². The maximum Gasteiger partial charge on any atom is 0.269 e. The summed E-state index contributed by atoms with van der Waals surface area (Å²) < 4.78 is -0.297. The molecule has 0 spiro atoms. The minimum absolute atomic E-state index is 0.0338. The molecule has 0 aliphatic carbocycles. The molecule has 0 radical (unpaired) electrons. The molecule has 0 saturated carbocycles. The molecule has 7 nitrogen and oxygen atoms in total. The van der Waals surface area contributed by atoms with Crippen molar-refractivity contribution in [3.05, 3.63) is 69.8 Å². The second kappa shape index (κ2) is 8.59. The molecule has 0 amide bonds. The molecule has 1 aliphatic heterocycles. The lowest BCUT2D eigenvalue weighted by molar-refractivity contribution is -0.384. The van der Waals surface area contributed by atoms with Gasteiger partial charge in [0.2, 0.25) is 0 Å². The lowest BCUT2D eigenvalue weighted by Gasteiger charge is -2.34. The number of thioether (sulfide) groups is 2. The Morgan fingerprint density at radius 3 is 2.11 bits per heavy atom. The highest BCUT2D eigenvalue weighted by Gasteiger charge is 2.37. The van der Waals surface area contributed by atoms with Crippen molar-refractivity contribution in [2.75, 3.05) is 5.75 Å². The number of hydrogen-bond acceptors (Lipinski definition) is 8. The van der Waals surface area contributed by atoms with Gasteiger partial charge in [0.05, 0.1) is 15.6 Å². The third-order valence-corrected chi connectivity index (χ3v) is 7.22. The molecule has 2 aromatic rings. The van der Waals surface area contributed by atoms with Crippen LogP contribution in [0, 0.1) is 10.1 Å². The van der Waals surface area contributed by atoms with Crippen molar-refractivity contribution in [1.29, 1.82) is 0 Å². The van der Waals surface area contributed by atoms with Crippen LogP contribution in [0.2, 0.25) is 0 Å². The van der Waals surface area contributed by atoms with Crippen LogP contribution in [-0.2, 0) is 0 Å². The molecule has 4 N–H and O–H groups in total. The van der Waals surface area contributed by atoms with E-state index in [4.69, 9.17) is 0 Å². The van der Waals surface area contributed by atoms with Gasteiger partial charge < -0.3 is 20.4 Å². The average Bonchev–Trinajstić information content (AvgIpc) is 2.68. The predicted molar refractivity (Wildman–Crippen MR) is 104 cm³/mol. The lowest BCUT2D eigenvalue weighted by atomic mass is 10.0. The Balaban J connectivity index is 1.67. The van der Waals surface area contributed by atoms with Gasteiger partial charge in [0, 0.05) is 22.8 Å². The van der Waals surface area contributed by atoms with Gasteiger partial charge in [-0.1, -0.05) is 12.1 Å². The number of aliphatic hydroxyl groups excluding tert-OH is 4. The van der Waals surface area contributed by atoms with Crippen LogP contribution < -0.4 is 0 Å². The quantitative estimate of drug-likeness (QED) is 0.436. The number of benzene rings is 2. The highest BCUT2D eigenvalue weighted by Crippen LogP contribution is 2.39. The van der Waals surface area contributed by atoms with E-state index in [1.165, 1.54) is 47.8 Å². The second-order valence-corrected chi connectivity index (χ2v) is 8.88. The predicted octanol–water partition coefficient (Wildman–Crippen LogP) is 1.92. The lowest BCUT2D eigenvalue weighted by Crippen LogP contribution is -2.47. The van der Waals surface area contributed by atoms with Gasteiger partial charge in [-0.15, -0.1) is 23.5 Å². The third kappa shape index (κ3) is 4.63. The Hall–Kier alpha value is -1.62. The van der Waals surface area contributed by atoms with Gasteiger partial charge in [0.1, 0.15) is 18.3 Å². The molecule has 5 atom stereocenters. The maximum absolute atomic E-state index is 10.7. The Kier molecular flexibility index (Phi) is 6.40. The average molecular weight is 409 g/mol. The van der Waals surface area contributed by atoms with E-state index >= 15 is 0 Å². The highest BCUT2D eigenvalue weighted by atomic mass is 32.2. The van der Waals surface area contributed by atoms with E-state index in [0.717, 1.165) is 4.90 Å². The number of hydrogen-bond donors (Lipinski definition) is 4. The van der Waals surface area contributed by atoms with E-state index in [1.54, 1.807) is 24.3 Å². The number of nitrogens with zero attached hydrogens (tertiary/aromatic N) is 1. The smallest absolute Gasteiger partial charge is 0.269 e. The molecule has 0 aromatic heterocycles. The summed E-state index contributed by atoms with van der Waals surface area (Å²) in [6, 6.07) is 12.9. The summed E-state index contributed by atoms with van der Waals surface area (Å²) in [5.41, 5.74) is 1.16. The zero-order chi connectivity index (χ0) is 19.6. The molecule has 9 heteroatoms. The van der Waals surface area contributed by atoms with Crippen LogP contribution in [0.4, 0.5) is 5.69 Å². The van der Waals surface area contributed by atoms with Gasteiger partial charge in [-0.2, -0.15) is 0 Å². The minimum atomic E-state index is -1.16. The van der Waals surface area contributed by atoms with E-state index < -0.39 is 29.3 Å². The van der Waals surface area contributed by atoms with Crippen molar-refractivity contribution < 1.29 is 25.3 Å². The minimum Gasteiger partial charge on any atom is -0.389 e. The number of nitro groups is 1. The van der Waals surface area contributed by atoms with E-state index in [2.05, 4.69) is 0 Å². The van der Waals surface area contributed by atoms with Crippen molar-refractivity contribution in [3.8, 4) is 0 Å². The van der Waals surface area contributed by atoms with Gasteiger partial charge in [0.15, 0.2) is 0 Å². The van der Waals surface area contributed by atoms with Crippen molar-refractivity contribution in [1.82, 2.24) is 0 Å². The first-order valence-corrected chi connectivity index (χ1v) is 10.1. The summed E-state index contributed by atoms with van der Waals surface area (Å²) in [4.78, 5) is 11.1. The van der Waals surface area contributed by atoms with Gasteiger partial charge in [-0.25, -0.2) is 0 Å². The van der Waals surface area contributed by atoms with Crippen molar-refractivity contribution >= 4 is 29.2 Å². The molecule has 0 bridgehead atoms. The first kappa shape index (κ1) is 20.1. The van der Waals surface area contributed by atoms with Crippen LogP contribution in [0.3, 0.4) is 0 Å². The largest absolute Gasteiger partial charge is 0.389 e. The Morgan fingerprint density at radius 1 is 1.00 bits per heavy atom. The topological polar surface area (TPSA) is 124 Å². The molecule has 1 saturated heterocycles. The first-order valence-electron chi connectivity index (χ1n) is 8.21. The number of aliphatic hydroxyl groups is 4. The molecule has 1 fully saturated rings. The Bertz CT molecular complexity index is 785. The SMILES string of the molecule is O=[N+]([O-])c1ccc(C(O)c2ccc(S[C@@H]3SC[C@@H](O)[C@H](O)[C@H]3O)cc2)cc1. The molecule has 3 rings (SSSR count). The van der Waals surface area contributed by atoms with Crippen molar-refractivity contribution in [2.45, 2.75) is 33.9 Å². The number of rotatable bonds is 5. The van der Waals surface area contributed by atoms with Crippen LogP contribution in [-0.4, -0.2) is 54.0 Å². The monoisotopic (exact) mass is 409 g/mol. The molecule has 1 heterocycles. The van der Waals surface area contributed by atoms with Gasteiger partial charge in [-0.05, 0) is 35.4 Å². The number of nitro benzene ring substituents is 1. The Morgan fingerprint density at radius 2 is 1.56 bits per heavy atom. The summed E-state index contributed by atoms with van der Waals surface area (Å²) in [5.74, 6) is 0.354. The zero-order valence-electron chi connectivity index (χ0n) is 14.1. The van der Waals surface area contributed by atoms with Crippen LogP contribution in [0.25, 0.3) is 0 Å². The van der Waals surface area contributed by atoms with Gasteiger partial charge in [-0.3, -0.25) is 10.1 Å². The fraction of sp³-hybridized carbons (Fsp3) is 0.333.